The molecule has 0 aromatic heterocycles. The minimum atomic E-state index is -3.52. The zero-order chi connectivity index (χ0) is 18.0. The number of likely N-dealkylation sites (tertiary alicyclic amines) is 1. The SMILES string of the molecule is CN(C)S(=O)(=O)c1cccc(NC(=O)CN2CCC(C)(CN)C2)c1.Cl. The Hall–Kier alpha value is -1.19. The normalized spacial score (nSPS) is 21.2. The molecule has 1 unspecified atom stereocenters. The molecule has 1 heterocycles. The summed E-state index contributed by atoms with van der Waals surface area (Å²) >= 11 is 0. The van der Waals surface area contributed by atoms with Crippen LogP contribution in [-0.2, 0) is 14.8 Å². The number of halogens is 1. The average Bonchev–Trinajstić information content (AvgIpc) is 2.89. The topological polar surface area (TPSA) is 95.7 Å². The zero-order valence-electron chi connectivity index (χ0n) is 14.9. The second-order valence-corrected chi connectivity index (χ2v) is 8.99. The molecule has 0 bridgehead atoms. The third-order valence-corrected chi connectivity index (χ3v) is 6.20. The number of nitrogens with one attached hydrogen (secondary N) is 1. The van der Waals surface area contributed by atoms with Crippen LogP contribution >= 0.6 is 12.4 Å². The van der Waals surface area contributed by atoms with Crippen molar-refractivity contribution in [1.29, 1.82) is 0 Å². The molecule has 3 N–H and O–H groups in total. The van der Waals surface area contributed by atoms with Crippen molar-refractivity contribution in [3.05, 3.63) is 24.3 Å². The van der Waals surface area contributed by atoms with Crippen molar-refractivity contribution in [2.75, 3.05) is 45.6 Å². The van der Waals surface area contributed by atoms with Gasteiger partial charge in [0.05, 0.1) is 11.4 Å². The number of nitrogens with two attached hydrogens (primary N) is 1. The summed E-state index contributed by atoms with van der Waals surface area (Å²) in [5, 5.41) is 2.77. The first kappa shape index (κ1) is 21.9. The first-order chi connectivity index (χ1) is 11.2. The monoisotopic (exact) mass is 390 g/mol. The number of anilines is 1. The maximum Gasteiger partial charge on any atom is 0.242 e. The molecule has 9 heteroatoms. The Labute approximate surface area is 156 Å². The number of sulfonamides is 1. The lowest BCUT2D eigenvalue weighted by Crippen LogP contribution is -2.35. The van der Waals surface area contributed by atoms with Crippen LogP contribution in [0.3, 0.4) is 0 Å². The molecule has 1 fully saturated rings. The zero-order valence-corrected chi connectivity index (χ0v) is 16.5. The molecule has 0 radical (unpaired) electrons. The Bertz CT molecular complexity index is 711. The van der Waals surface area contributed by atoms with Gasteiger partial charge in [-0.3, -0.25) is 9.69 Å². The highest BCUT2D eigenvalue weighted by Gasteiger charge is 2.33. The van der Waals surface area contributed by atoms with Crippen molar-refractivity contribution in [2.24, 2.45) is 11.1 Å². The Morgan fingerprint density at radius 3 is 2.64 bits per heavy atom. The molecule has 1 saturated heterocycles. The van der Waals surface area contributed by atoms with Crippen molar-refractivity contribution in [3.63, 3.8) is 0 Å². The summed E-state index contributed by atoms with van der Waals surface area (Å²) in [6.45, 7) is 4.65. The predicted octanol–water partition coefficient (Wildman–Crippen LogP) is 0.968. The molecule has 142 valence electrons. The quantitative estimate of drug-likeness (QED) is 0.754. The Kier molecular flexibility index (Phi) is 7.40. The second-order valence-electron chi connectivity index (χ2n) is 6.84. The molecule has 1 aromatic rings. The number of hydrogen-bond donors (Lipinski definition) is 2. The standard InChI is InChI=1S/C16H26N4O3S.ClH/c1-16(11-17)7-8-20(12-16)10-15(21)18-13-5-4-6-14(9-13)24(22,23)19(2)3;/h4-6,9H,7-8,10-12,17H2,1-3H3,(H,18,21);1H. The number of carbonyl (C=O) groups excluding carboxylic acids is 1. The van der Waals surface area contributed by atoms with E-state index in [0.29, 0.717) is 12.2 Å². The minimum Gasteiger partial charge on any atom is -0.330 e. The van der Waals surface area contributed by atoms with E-state index in [9.17, 15) is 13.2 Å². The van der Waals surface area contributed by atoms with Crippen LogP contribution in [0.25, 0.3) is 0 Å². The van der Waals surface area contributed by atoms with Crippen LogP contribution < -0.4 is 11.1 Å². The number of rotatable bonds is 6. The van der Waals surface area contributed by atoms with E-state index in [0.717, 1.165) is 23.8 Å². The van der Waals surface area contributed by atoms with E-state index in [2.05, 4.69) is 17.1 Å². The molecular formula is C16H27ClN4O3S. The molecule has 0 aliphatic carbocycles. The molecule has 7 nitrogen and oxygen atoms in total. The molecule has 1 aliphatic heterocycles. The van der Waals surface area contributed by atoms with Gasteiger partial charge in [0.15, 0.2) is 0 Å². The van der Waals surface area contributed by atoms with Gasteiger partial charge in [-0.15, -0.1) is 12.4 Å². The molecular weight excluding hydrogens is 364 g/mol. The summed E-state index contributed by atoms with van der Waals surface area (Å²) < 4.78 is 25.4. The van der Waals surface area contributed by atoms with Gasteiger partial charge in [-0.1, -0.05) is 13.0 Å². The highest BCUT2D eigenvalue weighted by atomic mass is 35.5. The van der Waals surface area contributed by atoms with E-state index < -0.39 is 10.0 Å². The van der Waals surface area contributed by atoms with Crippen LogP contribution in [0.2, 0.25) is 0 Å². The summed E-state index contributed by atoms with van der Waals surface area (Å²) in [6, 6.07) is 6.28. The van der Waals surface area contributed by atoms with Gasteiger partial charge in [-0.2, -0.15) is 0 Å². The van der Waals surface area contributed by atoms with Crippen LogP contribution in [0.4, 0.5) is 5.69 Å². The third kappa shape index (κ3) is 5.39. The average molecular weight is 391 g/mol. The lowest BCUT2D eigenvalue weighted by atomic mass is 9.90. The highest BCUT2D eigenvalue weighted by Crippen LogP contribution is 2.28. The van der Waals surface area contributed by atoms with Crippen molar-refractivity contribution in [2.45, 2.75) is 18.2 Å². The number of carbonyl (C=O) groups is 1. The van der Waals surface area contributed by atoms with Gasteiger partial charge in [-0.05, 0) is 43.1 Å². The maximum absolute atomic E-state index is 12.2. The lowest BCUT2D eigenvalue weighted by Gasteiger charge is -2.22. The van der Waals surface area contributed by atoms with Crippen LogP contribution in [0.1, 0.15) is 13.3 Å². The second kappa shape index (κ2) is 8.46. The maximum atomic E-state index is 12.2. The van der Waals surface area contributed by atoms with Gasteiger partial charge >= 0.3 is 0 Å². The molecule has 1 aromatic carbocycles. The smallest absolute Gasteiger partial charge is 0.242 e. The third-order valence-electron chi connectivity index (χ3n) is 4.39. The van der Waals surface area contributed by atoms with Crippen molar-refractivity contribution >= 4 is 34.0 Å². The number of benzene rings is 1. The van der Waals surface area contributed by atoms with Crippen LogP contribution in [-0.4, -0.2) is 63.8 Å². The van der Waals surface area contributed by atoms with Gasteiger partial charge in [-0.25, -0.2) is 12.7 Å². The molecule has 2 rings (SSSR count). The summed E-state index contributed by atoms with van der Waals surface area (Å²) in [6.07, 6.45) is 0.980. The van der Waals surface area contributed by atoms with E-state index in [-0.39, 0.29) is 35.2 Å². The van der Waals surface area contributed by atoms with Gasteiger partial charge in [0.1, 0.15) is 0 Å². The molecule has 1 aliphatic rings. The van der Waals surface area contributed by atoms with Gasteiger partial charge in [0.25, 0.3) is 0 Å². The molecule has 0 saturated carbocycles. The molecule has 25 heavy (non-hydrogen) atoms. The fourth-order valence-corrected chi connectivity index (χ4v) is 3.72. The molecule has 0 spiro atoms. The Balaban J connectivity index is 0.00000312. The summed E-state index contributed by atoms with van der Waals surface area (Å²) in [5.41, 5.74) is 6.32. The van der Waals surface area contributed by atoms with Crippen molar-refractivity contribution in [3.8, 4) is 0 Å². The first-order valence-corrected chi connectivity index (χ1v) is 9.35. The van der Waals surface area contributed by atoms with E-state index in [1.807, 2.05) is 0 Å². The fraction of sp³-hybridized carbons (Fsp3) is 0.562. The fourth-order valence-electron chi connectivity index (χ4n) is 2.78. The van der Waals surface area contributed by atoms with Gasteiger partial charge < -0.3 is 11.1 Å². The van der Waals surface area contributed by atoms with Crippen molar-refractivity contribution in [1.82, 2.24) is 9.21 Å². The van der Waals surface area contributed by atoms with E-state index in [1.54, 1.807) is 12.1 Å². The number of hydrogen-bond acceptors (Lipinski definition) is 5. The van der Waals surface area contributed by atoms with Crippen molar-refractivity contribution < 1.29 is 13.2 Å². The van der Waals surface area contributed by atoms with E-state index in [1.165, 1.54) is 26.2 Å². The van der Waals surface area contributed by atoms with Crippen LogP contribution in [0, 0.1) is 5.41 Å². The van der Waals surface area contributed by atoms with E-state index >= 15 is 0 Å². The molecule has 1 amide bonds. The largest absolute Gasteiger partial charge is 0.330 e. The summed E-state index contributed by atoms with van der Waals surface area (Å²) in [4.78, 5) is 14.4. The highest BCUT2D eigenvalue weighted by molar-refractivity contribution is 7.89. The van der Waals surface area contributed by atoms with Gasteiger partial charge in [0, 0.05) is 26.3 Å². The number of nitrogens with zero attached hydrogens (tertiary/aromatic N) is 2. The summed E-state index contributed by atoms with van der Waals surface area (Å²) in [5.74, 6) is -0.157. The van der Waals surface area contributed by atoms with Crippen LogP contribution in [0.5, 0.6) is 0 Å². The lowest BCUT2D eigenvalue weighted by molar-refractivity contribution is -0.117. The summed E-state index contributed by atoms with van der Waals surface area (Å²) in [7, 11) is -0.569. The van der Waals surface area contributed by atoms with E-state index in [4.69, 9.17) is 5.73 Å². The first-order valence-electron chi connectivity index (χ1n) is 7.91. The number of amides is 1. The Morgan fingerprint density at radius 1 is 1.40 bits per heavy atom. The van der Waals surface area contributed by atoms with Gasteiger partial charge in [0.2, 0.25) is 15.9 Å². The van der Waals surface area contributed by atoms with Crippen LogP contribution in [0.15, 0.2) is 29.2 Å². The molecule has 1 atom stereocenters. The Morgan fingerprint density at radius 2 is 2.08 bits per heavy atom. The minimum absolute atomic E-state index is 0. The predicted molar refractivity (Wildman–Crippen MR) is 101 cm³/mol.